The quantitative estimate of drug-likeness (QED) is 0.499. The zero-order valence-corrected chi connectivity index (χ0v) is 17.3. The topological polar surface area (TPSA) is 55.4 Å². The molecule has 1 N–H and O–H groups in total. The van der Waals surface area contributed by atoms with Crippen molar-refractivity contribution in [3.8, 4) is 5.75 Å². The van der Waals surface area contributed by atoms with Crippen LogP contribution in [-0.2, 0) is 10.0 Å². The van der Waals surface area contributed by atoms with E-state index in [-0.39, 0.29) is 22.2 Å². The number of anilines is 1. The minimum atomic E-state index is -5.63. The van der Waals surface area contributed by atoms with Crippen molar-refractivity contribution in [3.05, 3.63) is 58.9 Å². The molecule has 1 atom stereocenters. The lowest BCUT2D eigenvalue weighted by molar-refractivity contribution is -0.0429. The summed E-state index contributed by atoms with van der Waals surface area (Å²) in [5.41, 5.74) is -5.52. The van der Waals surface area contributed by atoms with E-state index in [2.05, 4.69) is 0 Å². The third-order valence-corrected chi connectivity index (χ3v) is 6.36. The standard InChI is InChI=1S/C20H20ClF4NO3S/c21-14-6-11-18(26-30(27,28)20(23,24)25)17(12-14)19(13-4-2-1-3-5-13)29-16-9-7-15(22)8-10-16/h6-13,19,26H,1-5H2. The minimum Gasteiger partial charge on any atom is -0.485 e. The molecular weight excluding hydrogens is 446 g/mol. The first-order valence-electron chi connectivity index (χ1n) is 9.37. The van der Waals surface area contributed by atoms with Gasteiger partial charge in [0.1, 0.15) is 17.7 Å². The van der Waals surface area contributed by atoms with E-state index in [9.17, 15) is 26.0 Å². The maximum absolute atomic E-state index is 13.3. The van der Waals surface area contributed by atoms with Crippen LogP contribution in [0.15, 0.2) is 42.5 Å². The van der Waals surface area contributed by atoms with E-state index in [1.165, 1.54) is 42.5 Å². The molecule has 1 saturated carbocycles. The number of hydrogen-bond acceptors (Lipinski definition) is 3. The second kappa shape index (κ2) is 9.01. The fourth-order valence-corrected chi connectivity index (χ4v) is 4.35. The van der Waals surface area contributed by atoms with Crippen LogP contribution >= 0.6 is 11.6 Å². The molecule has 0 spiro atoms. The number of nitrogens with one attached hydrogen (secondary N) is 1. The normalized spacial score (nSPS) is 16.8. The van der Waals surface area contributed by atoms with Crippen LogP contribution in [0.1, 0.15) is 43.8 Å². The van der Waals surface area contributed by atoms with E-state index in [0.717, 1.165) is 32.1 Å². The molecule has 0 aromatic heterocycles. The average Bonchev–Trinajstić information content (AvgIpc) is 2.69. The molecule has 0 amide bonds. The van der Waals surface area contributed by atoms with Gasteiger partial charge in [-0.15, -0.1) is 0 Å². The van der Waals surface area contributed by atoms with Crippen LogP contribution in [0.2, 0.25) is 5.02 Å². The Morgan fingerprint density at radius 3 is 2.27 bits per heavy atom. The van der Waals surface area contributed by atoms with Crippen LogP contribution in [0.4, 0.5) is 23.2 Å². The molecule has 30 heavy (non-hydrogen) atoms. The van der Waals surface area contributed by atoms with Crippen molar-refractivity contribution in [3.63, 3.8) is 0 Å². The highest BCUT2D eigenvalue weighted by Crippen LogP contribution is 2.42. The van der Waals surface area contributed by atoms with E-state index in [4.69, 9.17) is 16.3 Å². The van der Waals surface area contributed by atoms with E-state index >= 15 is 0 Å². The molecule has 1 unspecified atom stereocenters. The summed E-state index contributed by atoms with van der Waals surface area (Å²) in [6, 6.07) is 9.13. The fourth-order valence-electron chi connectivity index (χ4n) is 3.57. The summed E-state index contributed by atoms with van der Waals surface area (Å²) in [5.74, 6) is -0.217. The summed E-state index contributed by atoms with van der Waals surface area (Å²) in [6.45, 7) is 0. The van der Waals surface area contributed by atoms with Crippen molar-refractivity contribution in [2.45, 2.75) is 43.7 Å². The molecule has 164 valence electrons. The Bertz CT molecular complexity index is 975. The van der Waals surface area contributed by atoms with Crippen LogP contribution in [0, 0.1) is 11.7 Å². The average molecular weight is 466 g/mol. The first kappa shape index (κ1) is 22.7. The lowest BCUT2D eigenvalue weighted by Crippen LogP contribution is -2.31. The summed E-state index contributed by atoms with van der Waals surface area (Å²) in [6.07, 6.45) is 3.60. The number of benzene rings is 2. The van der Waals surface area contributed by atoms with Gasteiger partial charge in [-0.1, -0.05) is 30.9 Å². The van der Waals surface area contributed by atoms with Crippen molar-refractivity contribution in [2.75, 3.05) is 4.72 Å². The van der Waals surface area contributed by atoms with E-state index in [1.54, 1.807) is 4.72 Å². The number of sulfonamides is 1. The Hall–Kier alpha value is -2.00. The van der Waals surface area contributed by atoms with Gasteiger partial charge < -0.3 is 4.74 Å². The molecule has 2 aromatic rings. The van der Waals surface area contributed by atoms with Gasteiger partial charge in [0.2, 0.25) is 0 Å². The molecule has 2 aromatic carbocycles. The van der Waals surface area contributed by atoms with Crippen molar-refractivity contribution < 1.29 is 30.7 Å². The molecule has 0 heterocycles. The Balaban J connectivity index is 2.03. The first-order valence-corrected chi connectivity index (χ1v) is 11.2. The minimum absolute atomic E-state index is 0.0728. The van der Waals surface area contributed by atoms with E-state index < -0.39 is 27.5 Å². The second-order valence-electron chi connectivity index (χ2n) is 7.17. The zero-order chi connectivity index (χ0) is 21.9. The van der Waals surface area contributed by atoms with Gasteiger partial charge in [-0.05, 0) is 55.3 Å². The van der Waals surface area contributed by atoms with Crippen molar-refractivity contribution in [1.29, 1.82) is 0 Å². The number of rotatable bonds is 6. The molecule has 1 aliphatic carbocycles. The Labute approximate surface area is 177 Å². The van der Waals surface area contributed by atoms with Gasteiger partial charge in [-0.3, -0.25) is 4.72 Å². The Kier molecular flexibility index (Phi) is 6.81. The van der Waals surface area contributed by atoms with Crippen LogP contribution in [-0.4, -0.2) is 13.9 Å². The summed E-state index contributed by atoms with van der Waals surface area (Å²) in [4.78, 5) is 0. The number of ether oxygens (including phenoxy) is 1. The smallest absolute Gasteiger partial charge is 0.485 e. The third kappa shape index (κ3) is 5.37. The summed E-state index contributed by atoms with van der Waals surface area (Å²) in [5, 5.41) is 0.225. The van der Waals surface area contributed by atoms with Gasteiger partial charge >= 0.3 is 15.5 Å². The van der Waals surface area contributed by atoms with Gasteiger partial charge in [0.25, 0.3) is 0 Å². The monoisotopic (exact) mass is 465 g/mol. The molecule has 0 aliphatic heterocycles. The van der Waals surface area contributed by atoms with Crippen LogP contribution in [0.5, 0.6) is 5.75 Å². The molecule has 3 rings (SSSR count). The van der Waals surface area contributed by atoms with Gasteiger partial charge in [0.15, 0.2) is 0 Å². The van der Waals surface area contributed by atoms with Gasteiger partial charge in [-0.25, -0.2) is 4.39 Å². The molecule has 4 nitrogen and oxygen atoms in total. The first-order chi connectivity index (χ1) is 14.1. The zero-order valence-electron chi connectivity index (χ0n) is 15.8. The maximum atomic E-state index is 13.3. The lowest BCUT2D eigenvalue weighted by atomic mass is 9.82. The molecule has 1 aliphatic rings. The van der Waals surface area contributed by atoms with Gasteiger partial charge in [0, 0.05) is 16.5 Å². The van der Waals surface area contributed by atoms with Crippen molar-refractivity contribution in [2.24, 2.45) is 5.92 Å². The summed E-state index contributed by atoms with van der Waals surface area (Å²) < 4.78 is 83.1. The van der Waals surface area contributed by atoms with Gasteiger partial charge in [-0.2, -0.15) is 21.6 Å². The Morgan fingerprint density at radius 1 is 1.03 bits per heavy atom. The highest BCUT2D eigenvalue weighted by Gasteiger charge is 2.46. The molecule has 10 heteroatoms. The maximum Gasteiger partial charge on any atom is 0.516 e. The molecule has 1 fully saturated rings. The van der Waals surface area contributed by atoms with E-state index in [0.29, 0.717) is 5.75 Å². The molecule has 0 saturated heterocycles. The largest absolute Gasteiger partial charge is 0.516 e. The van der Waals surface area contributed by atoms with Crippen molar-refractivity contribution >= 4 is 27.3 Å². The van der Waals surface area contributed by atoms with Crippen LogP contribution in [0.3, 0.4) is 0 Å². The molecule has 0 radical (unpaired) electrons. The molecular formula is C20H20ClF4NO3S. The number of halogens is 5. The van der Waals surface area contributed by atoms with Crippen LogP contribution < -0.4 is 9.46 Å². The van der Waals surface area contributed by atoms with Gasteiger partial charge in [0.05, 0.1) is 5.69 Å². The number of hydrogen-bond donors (Lipinski definition) is 1. The highest BCUT2D eigenvalue weighted by atomic mass is 35.5. The Morgan fingerprint density at radius 2 is 1.67 bits per heavy atom. The summed E-state index contributed by atoms with van der Waals surface area (Å²) in [7, 11) is -5.63. The highest BCUT2D eigenvalue weighted by molar-refractivity contribution is 7.93. The van der Waals surface area contributed by atoms with E-state index in [1.807, 2.05) is 0 Å². The fraction of sp³-hybridized carbons (Fsp3) is 0.400. The third-order valence-electron chi connectivity index (χ3n) is 5.02. The lowest BCUT2D eigenvalue weighted by Gasteiger charge is -2.32. The molecule has 0 bridgehead atoms. The number of alkyl halides is 3. The summed E-state index contributed by atoms with van der Waals surface area (Å²) >= 11 is 6.08. The van der Waals surface area contributed by atoms with Crippen LogP contribution in [0.25, 0.3) is 0 Å². The predicted molar refractivity (Wildman–Crippen MR) is 106 cm³/mol. The predicted octanol–water partition coefficient (Wildman–Crippen LogP) is 6.44. The SMILES string of the molecule is O=S(=O)(Nc1ccc(Cl)cc1C(Oc1ccc(F)cc1)C1CCCCC1)C(F)(F)F. The van der Waals surface area contributed by atoms with Crippen molar-refractivity contribution in [1.82, 2.24) is 0 Å². The second-order valence-corrected chi connectivity index (χ2v) is 9.28.